The quantitative estimate of drug-likeness (QED) is 0.746. The second kappa shape index (κ2) is 2.48. The topological polar surface area (TPSA) is 43.3 Å². The molecule has 0 spiro atoms. The molecule has 0 aliphatic rings. The van der Waals surface area contributed by atoms with Gasteiger partial charge >= 0.3 is 0 Å². The lowest BCUT2D eigenvalue weighted by Crippen LogP contribution is -1.86. The standard InChI is InChI=1S/C8H8BrN3/c1-5-11-8(10)7-4-6(9)2-3-12(5)7/h2-4H,10H2,1H3. The van der Waals surface area contributed by atoms with Crippen LogP contribution in [0.15, 0.2) is 22.8 Å². The average molecular weight is 226 g/mol. The van der Waals surface area contributed by atoms with Gasteiger partial charge in [-0.15, -0.1) is 0 Å². The monoisotopic (exact) mass is 225 g/mol. The van der Waals surface area contributed by atoms with Crippen LogP contribution in [0, 0.1) is 6.92 Å². The summed E-state index contributed by atoms with van der Waals surface area (Å²) in [5.74, 6) is 1.49. The lowest BCUT2D eigenvalue weighted by molar-refractivity contribution is 1.04. The van der Waals surface area contributed by atoms with Crippen LogP contribution in [0.2, 0.25) is 0 Å². The van der Waals surface area contributed by atoms with Crippen molar-refractivity contribution in [1.29, 1.82) is 0 Å². The highest BCUT2D eigenvalue weighted by Gasteiger charge is 2.03. The van der Waals surface area contributed by atoms with Gasteiger partial charge in [-0.3, -0.25) is 0 Å². The molecule has 0 aliphatic heterocycles. The maximum Gasteiger partial charge on any atom is 0.149 e. The molecular formula is C8H8BrN3. The number of fused-ring (bicyclic) bond motifs is 1. The predicted octanol–water partition coefficient (Wildman–Crippen LogP) is 1.99. The van der Waals surface area contributed by atoms with E-state index in [-0.39, 0.29) is 0 Å². The summed E-state index contributed by atoms with van der Waals surface area (Å²) >= 11 is 3.38. The van der Waals surface area contributed by atoms with Crippen LogP contribution in [0.25, 0.3) is 5.52 Å². The predicted molar refractivity (Wildman–Crippen MR) is 52.0 cm³/mol. The van der Waals surface area contributed by atoms with Gasteiger partial charge in [0.05, 0.1) is 5.52 Å². The number of nitrogens with zero attached hydrogens (tertiary/aromatic N) is 2. The maximum absolute atomic E-state index is 5.69. The minimum absolute atomic E-state index is 0.578. The number of imidazole rings is 1. The number of nitrogen functional groups attached to an aromatic ring is 1. The maximum atomic E-state index is 5.69. The van der Waals surface area contributed by atoms with Crippen LogP contribution in [-0.2, 0) is 0 Å². The molecule has 0 saturated carbocycles. The molecule has 0 fully saturated rings. The Morgan fingerprint density at radius 1 is 1.58 bits per heavy atom. The summed E-state index contributed by atoms with van der Waals surface area (Å²) < 4.78 is 2.97. The number of hydrogen-bond acceptors (Lipinski definition) is 2. The van der Waals surface area contributed by atoms with E-state index >= 15 is 0 Å². The van der Waals surface area contributed by atoms with E-state index in [2.05, 4.69) is 20.9 Å². The number of hydrogen-bond donors (Lipinski definition) is 1. The molecule has 12 heavy (non-hydrogen) atoms. The minimum Gasteiger partial charge on any atom is -0.382 e. The molecule has 2 heterocycles. The number of aryl methyl sites for hydroxylation is 1. The number of pyridine rings is 1. The summed E-state index contributed by atoms with van der Waals surface area (Å²) in [6.07, 6.45) is 1.94. The summed E-state index contributed by atoms with van der Waals surface area (Å²) in [6.45, 7) is 1.93. The van der Waals surface area contributed by atoms with Crippen molar-refractivity contribution < 1.29 is 0 Å². The Hall–Kier alpha value is -1.03. The van der Waals surface area contributed by atoms with Crippen molar-refractivity contribution in [3.05, 3.63) is 28.6 Å². The number of halogens is 1. The molecule has 0 radical (unpaired) electrons. The first-order chi connectivity index (χ1) is 5.68. The third-order valence-electron chi connectivity index (χ3n) is 1.81. The highest BCUT2D eigenvalue weighted by atomic mass is 79.9. The highest BCUT2D eigenvalue weighted by molar-refractivity contribution is 9.10. The molecule has 2 aromatic rings. The Morgan fingerprint density at radius 3 is 3.08 bits per heavy atom. The number of nitrogens with two attached hydrogens (primary N) is 1. The lowest BCUT2D eigenvalue weighted by Gasteiger charge is -1.95. The highest BCUT2D eigenvalue weighted by Crippen LogP contribution is 2.19. The smallest absolute Gasteiger partial charge is 0.149 e. The van der Waals surface area contributed by atoms with Crippen molar-refractivity contribution in [2.45, 2.75) is 6.92 Å². The molecule has 2 aromatic heterocycles. The van der Waals surface area contributed by atoms with Crippen molar-refractivity contribution >= 4 is 27.3 Å². The van der Waals surface area contributed by atoms with Crippen LogP contribution >= 0.6 is 15.9 Å². The molecule has 0 saturated heterocycles. The van der Waals surface area contributed by atoms with Gasteiger partial charge in [0, 0.05) is 10.7 Å². The van der Waals surface area contributed by atoms with Gasteiger partial charge in [-0.2, -0.15) is 0 Å². The third-order valence-corrected chi connectivity index (χ3v) is 2.30. The third kappa shape index (κ3) is 0.992. The molecule has 0 bridgehead atoms. The van der Waals surface area contributed by atoms with Crippen LogP contribution in [0.3, 0.4) is 0 Å². The molecule has 0 aromatic carbocycles. The number of anilines is 1. The SMILES string of the molecule is Cc1nc(N)c2cc(Br)ccn12. The second-order valence-corrected chi connectivity index (χ2v) is 3.56. The van der Waals surface area contributed by atoms with Gasteiger partial charge in [-0.05, 0) is 19.1 Å². The first-order valence-electron chi connectivity index (χ1n) is 3.58. The molecule has 0 amide bonds. The molecule has 0 aliphatic carbocycles. The zero-order chi connectivity index (χ0) is 8.72. The molecule has 2 N–H and O–H groups in total. The molecule has 3 nitrogen and oxygen atoms in total. The zero-order valence-electron chi connectivity index (χ0n) is 6.58. The Morgan fingerprint density at radius 2 is 2.33 bits per heavy atom. The van der Waals surface area contributed by atoms with E-state index in [1.807, 2.05) is 29.7 Å². The van der Waals surface area contributed by atoms with Crippen molar-refractivity contribution in [1.82, 2.24) is 9.38 Å². The summed E-state index contributed by atoms with van der Waals surface area (Å²) in [6, 6.07) is 3.91. The fourth-order valence-corrected chi connectivity index (χ4v) is 1.57. The van der Waals surface area contributed by atoms with Crippen LogP contribution in [0.4, 0.5) is 5.82 Å². The molecular weight excluding hydrogens is 218 g/mol. The fourth-order valence-electron chi connectivity index (χ4n) is 1.24. The normalized spacial score (nSPS) is 10.8. The van der Waals surface area contributed by atoms with Gasteiger partial charge in [0.25, 0.3) is 0 Å². The Balaban J connectivity index is 2.90. The summed E-state index contributed by atoms with van der Waals surface area (Å²) in [5.41, 5.74) is 6.64. The molecule has 62 valence electrons. The average Bonchev–Trinajstić information content (AvgIpc) is 2.28. The summed E-state index contributed by atoms with van der Waals surface area (Å²) in [7, 11) is 0. The summed E-state index contributed by atoms with van der Waals surface area (Å²) in [4.78, 5) is 4.15. The molecule has 2 rings (SSSR count). The van der Waals surface area contributed by atoms with E-state index in [0.717, 1.165) is 15.8 Å². The van der Waals surface area contributed by atoms with E-state index in [1.165, 1.54) is 0 Å². The van der Waals surface area contributed by atoms with Gasteiger partial charge in [-0.1, -0.05) is 15.9 Å². The Bertz CT molecular complexity index is 433. The molecule has 4 heteroatoms. The molecule has 0 unspecified atom stereocenters. The largest absolute Gasteiger partial charge is 0.382 e. The second-order valence-electron chi connectivity index (χ2n) is 2.64. The van der Waals surface area contributed by atoms with Gasteiger partial charge in [0.15, 0.2) is 0 Å². The minimum atomic E-state index is 0.578. The fraction of sp³-hybridized carbons (Fsp3) is 0.125. The molecule has 0 atom stereocenters. The number of rotatable bonds is 0. The van der Waals surface area contributed by atoms with Crippen molar-refractivity contribution in [2.24, 2.45) is 0 Å². The van der Waals surface area contributed by atoms with Crippen molar-refractivity contribution in [2.75, 3.05) is 5.73 Å². The Labute approximate surface area is 78.3 Å². The van der Waals surface area contributed by atoms with E-state index in [9.17, 15) is 0 Å². The first-order valence-corrected chi connectivity index (χ1v) is 4.37. The van der Waals surface area contributed by atoms with E-state index < -0.39 is 0 Å². The van der Waals surface area contributed by atoms with Crippen LogP contribution < -0.4 is 5.73 Å². The van der Waals surface area contributed by atoms with Crippen molar-refractivity contribution in [3.8, 4) is 0 Å². The Kier molecular flexibility index (Phi) is 1.58. The van der Waals surface area contributed by atoms with Crippen LogP contribution in [-0.4, -0.2) is 9.38 Å². The lowest BCUT2D eigenvalue weighted by atomic mass is 10.4. The van der Waals surface area contributed by atoms with E-state index in [1.54, 1.807) is 0 Å². The van der Waals surface area contributed by atoms with Gasteiger partial charge in [0.2, 0.25) is 0 Å². The van der Waals surface area contributed by atoms with Gasteiger partial charge in [-0.25, -0.2) is 4.98 Å². The zero-order valence-corrected chi connectivity index (χ0v) is 8.17. The van der Waals surface area contributed by atoms with Crippen LogP contribution in [0.1, 0.15) is 5.82 Å². The van der Waals surface area contributed by atoms with E-state index in [0.29, 0.717) is 5.82 Å². The summed E-state index contributed by atoms with van der Waals surface area (Å²) in [5, 5.41) is 0. The van der Waals surface area contributed by atoms with Gasteiger partial charge in [0.1, 0.15) is 11.6 Å². The first kappa shape index (κ1) is 7.61. The van der Waals surface area contributed by atoms with Gasteiger partial charge < -0.3 is 10.1 Å². The number of aromatic nitrogens is 2. The van der Waals surface area contributed by atoms with E-state index in [4.69, 9.17) is 5.73 Å². The van der Waals surface area contributed by atoms with Crippen LogP contribution in [0.5, 0.6) is 0 Å². The van der Waals surface area contributed by atoms with Crippen molar-refractivity contribution in [3.63, 3.8) is 0 Å².